The Hall–Kier alpha value is -2.97. The minimum absolute atomic E-state index is 0.0975. The topological polar surface area (TPSA) is 76.9 Å². The molecule has 164 valence electrons. The number of hydrogen-bond acceptors (Lipinski definition) is 6. The Morgan fingerprint density at radius 3 is 2.59 bits per heavy atom. The van der Waals surface area contributed by atoms with E-state index in [2.05, 4.69) is 9.69 Å². The van der Waals surface area contributed by atoms with Gasteiger partial charge >= 0.3 is 0 Å². The van der Waals surface area contributed by atoms with Crippen molar-refractivity contribution in [3.05, 3.63) is 76.1 Å². The molecule has 0 radical (unpaired) electrons. The van der Waals surface area contributed by atoms with E-state index in [4.69, 9.17) is 4.98 Å². The van der Waals surface area contributed by atoms with Crippen LogP contribution in [0.25, 0.3) is 21.5 Å². The summed E-state index contributed by atoms with van der Waals surface area (Å²) in [5, 5.41) is 3.49. The molecule has 2 aromatic carbocycles. The third kappa shape index (κ3) is 4.92. The highest BCUT2D eigenvalue weighted by molar-refractivity contribution is 7.99. The highest BCUT2D eigenvalue weighted by Gasteiger charge is 2.18. The zero-order valence-electron chi connectivity index (χ0n) is 18.0. The number of carbonyl (C=O) groups is 1. The molecule has 32 heavy (non-hydrogen) atoms. The van der Waals surface area contributed by atoms with E-state index in [1.807, 2.05) is 68.4 Å². The van der Waals surface area contributed by atoms with Gasteiger partial charge in [0.2, 0.25) is 5.91 Å². The molecule has 0 unspecified atom stereocenters. The molecule has 4 aromatic rings. The predicted molar refractivity (Wildman–Crippen MR) is 131 cm³/mol. The van der Waals surface area contributed by atoms with Crippen LogP contribution in [0.5, 0.6) is 0 Å². The molecule has 0 bridgehead atoms. The first-order valence-electron chi connectivity index (χ1n) is 10.5. The normalized spacial score (nSPS) is 11.1. The SMILES string of the molecule is CCCn1c(SCC(=O)NCc2ccc(C)cc2)nc2c(-c3ccccc3)nsc2c1=O. The Morgan fingerprint density at radius 1 is 1.12 bits per heavy atom. The summed E-state index contributed by atoms with van der Waals surface area (Å²) in [4.78, 5) is 30.4. The molecule has 2 aromatic heterocycles. The van der Waals surface area contributed by atoms with Crippen molar-refractivity contribution in [2.75, 3.05) is 5.75 Å². The van der Waals surface area contributed by atoms with Gasteiger partial charge in [0.25, 0.3) is 5.56 Å². The van der Waals surface area contributed by atoms with E-state index in [9.17, 15) is 9.59 Å². The Kier molecular flexibility index (Phi) is 7.02. The van der Waals surface area contributed by atoms with E-state index in [1.54, 1.807) is 4.57 Å². The Balaban J connectivity index is 1.56. The molecule has 0 aliphatic carbocycles. The smallest absolute Gasteiger partial charge is 0.273 e. The maximum atomic E-state index is 13.1. The highest BCUT2D eigenvalue weighted by atomic mass is 32.2. The van der Waals surface area contributed by atoms with Crippen molar-refractivity contribution < 1.29 is 4.79 Å². The number of benzene rings is 2. The fourth-order valence-electron chi connectivity index (χ4n) is 3.30. The van der Waals surface area contributed by atoms with Crippen LogP contribution in [-0.4, -0.2) is 25.6 Å². The largest absolute Gasteiger partial charge is 0.351 e. The lowest BCUT2D eigenvalue weighted by Gasteiger charge is -2.11. The highest BCUT2D eigenvalue weighted by Crippen LogP contribution is 2.29. The third-order valence-electron chi connectivity index (χ3n) is 4.98. The second kappa shape index (κ2) is 10.1. The molecule has 1 N–H and O–H groups in total. The predicted octanol–water partition coefficient (Wildman–Crippen LogP) is 4.65. The molecule has 0 aliphatic rings. The molecule has 0 atom stereocenters. The van der Waals surface area contributed by atoms with Crippen LogP contribution in [-0.2, 0) is 17.9 Å². The second-order valence-electron chi connectivity index (χ2n) is 7.48. The van der Waals surface area contributed by atoms with E-state index >= 15 is 0 Å². The quantitative estimate of drug-likeness (QED) is 0.303. The molecule has 0 spiro atoms. The molecule has 0 fully saturated rings. The van der Waals surface area contributed by atoms with Crippen LogP contribution in [0.1, 0.15) is 24.5 Å². The van der Waals surface area contributed by atoms with Crippen molar-refractivity contribution in [3.63, 3.8) is 0 Å². The summed E-state index contributed by atoms with van der Waals surface area (Å²) in [6, 6.07) is 17.8. The first kappa shape index (κ1) is 22.2. The molecule has 0 aliphatic heterocycles. The van der Waals surface area contributed by atoms with E-state index < -0.39 is 0 Å². The van der Waals surface area contributed by atoms with Crippen LogP contribution in [0.2, 0.25) is 0 Å². The molecule has 6 nitrogen and oxygen atoms in total. The van der Waals surface area contributed by atoms with E-state index in [0.717, 1.165) is 17.5 Å². The average molecular weight is 465 g/mol. The molecule has 0 saturated carbocycles. The van der Waals surface area contributed by atoms with Crippen LogP contribution < -0.4 is 10.9 Å². The van der Waals surface area contributed by atoms with Gasteiger partial charge in [-0.3, -0.25) is 14.2 Å². The average Bonchev–Trinajstić information content (AvgIpc) is 3.24. The first-order valence-corrected chi connectivity index (χ1v) is 12.2. The van der Waals surface area contributed by atoms with E-state index in [-0.39, 0.29) is 17.2 Å². The minimum Gasteiger partial charge on any atom is -0.351 e. The second-order valence-corrected chi connectivity index (χ2v) is 9.19. The van der Waals surface area contributed by atoms with Gasteiger partial charge in [-0.05, 0) is 30.4 Å². The van der Waals surface area contributed by atoms with Crippen molar-refractivity contribution >= 4 is 39.4 Å². The van der Waals surface area contributed by atoms with Crippen molar-refractivity contribution in [2.45, 2.75) is 38.5 Å². The van der Waals surface area contributed by atoms with Gasteiger partial charge in [-0.15, -0.1) is 0 Å². The maximum Gasteiger partial charge on any atom is 0.273 e. The summed E-state index contributed by atoms with van der Waals surface area (Å²) in [5.41, 5.74) is 4.36. The summed E-state index contributed by atoms with van der Waals surface area (Å²) in [5.74, 6) is 0.0888. The number of rotatable bonds is 8. The van der Waals surface area contributed by atoms with Crippen LogP contribution in [0, 0.1) is 6.92 Å². The molecule has 2 heterocycles. The Labute approximate surface area is 194 Å². The van der Waals surface area contributed by atoms with E-state index in [0.29, 0.717) is 34.2 Å². The lowest BCUT2D eigenvalue weighted by molar-refractivity contribution is -0.118. The Bertz CT molecular complexity index is 1280. The molecule has 1 amide bonds. The summed E-state index contributed by atoms with van der Waals surface area (Å²) < 4.78 is 6.72. The number of aromatic nitrogens is 3. The van der Waals surface area contributed by atoms with E-state index in [1.165, 1.54) is 28.9 Å². The first-order chi connectivity index (χ1) is 15.6. The van der Waals surface area contributed by atoms with Crippen molar-refractivity contribution in [1.29, 1.82) is 0 Å². The zero-order chi connectivity index (χ0) is 22.5. The maximum absolute atomic E-state index is 13.1. The molecule has 0 saturated heterocycles. The monoisotopic (exact) mass is 464 g/mol. The van der Waals surface area contributed by atoms with Gasteiger partial charge in [0.05, 0.1) is 5.75 Å². The Morgan fingerprint density at radius 2 is 1.88 bits per heavy atom. The lowest BCUT2D eigenvalue weighted by atomic mass is 10.1. The molecule has 4 rings (SSSR count). The lowest BCUT2D eigenvalue weighted by Crippen LogP contribution is -2.26. The van der Waals surface area contributed by atoms with Gasteiger partial charge in [-0.1, -0.05) is 78.8 Å². The van der Waals surface area contributed by atoms with Gasteiger partial charge < -0.3 is 5.32 Å². The molecule has 8 heteroatoms. The van der Waals surface area contributed by atoms with Gasteiger partial charge in [0.1, 0.15) is 15.9 Å². The van der Waals surface area contributed by atoms with Crippen LogP contribution in [0.4, 0.5) is 0 Å². The van der Waals surface area contributed by atoms with Crippen LogP contribution >= 0.6 is 23.3 Å². The van der Waals surface area contributed by atoms with Gasteiger partial charge in [-0.25, -0.2) is 4.98 Å². The molecular formula is C24H24N4O2S2. The third-order valence-corrected chi connectivity index (χ3v) is 6.78. The number of fused-ring (bicyclic) bond motifs is 1. The minimum atomic E-state index is -0.0981. The van der Waals surface area contributed by atoms with Gasteiger partial charge in [0, 0.05) is 18.7 Å². The van der Waals surface area contributed by atoms with Gasteiger partial charge in [-0.2, -0.15) is 4.37 Å². The number of nitrogens with one attached hydrogen (secondary N) is 1. The fraction of sp³-hybridized carbons (Fsp3) is 0.250. The zero-order valence-corrected chi connectivity index (χ0v) is 19.6. The van der Waals surface area contributed by atoms with Crippen LogP contribution in [0.3, 0.4) is 0 Å². The van der Waals surface area contributed by atoms with Crippen molar-refractivity contribution in [3.8, 4) is 11.3 Å². The van der Waals surface area contributed by atoms with Gasteiger partial charge in [0.15, 0.2) is 5.16 Å². The standard InChI is InChI=1S/C24H24N4O2S2/c1-3-13-28-23(30)22-21(20(27-32-22)18-7-5-4-6-8-18)26-24(28)31-15-19(29)25-14-17-11-9-16(2)10-12-17/h4-12H,3,13-15H2,1-2H3,(H,25,29). The molecular weight excluding hydrogens is 440 g/mol. The number of hydrogen-bond donors (Lipinski definition) is 1. The van der Waals surface area contributed by atoms with Crippen LogP contribution in [0.15, 0.2) is 64.5 Å². The number of thioether (sulfide) groups is 1. The summed E-state index contributed by atoms with van der Waals surface area (Å²) in [6.45, 7) is 5.07. The number of amides is 1. The number of nitrogens with zero attached hydrogens (tertiary/aromatic N) is 3. The van der Waals surface area contributed by atoms with Crippen molar-refractivity contribution in [2.24, 2.45) is 0 Å². The fourth-order valence-corrected chi connectivity index (χ4v) is 4.94. The van der Waals surface area contributed by atoms with Crippen molar-refractivity contribution in [1.82, 2.24) is 19.2 Å². The number of aryl methyl sites for hydroxylation is 1. The summed E-state index contributed by atoms with van der Waals surface area (Å²) >= 11 is 2.47. The number of carbonyl (C=O) groups excluding carboxylic acids is 1. The summed E-state index contributed by atoms with van der Waals surface area (Å²) in [6.07, 6.45) is 0.796. The summed E-state index contributed by atoms with van der Waals surface area (Å²) in [7, 11) is 0.